The fourth-order valence-corrected chi connectivity index (χ4v) is 4.08. The second-order valence-electron chi connectivity index (χ2n) is 7.79. The van der Waals surface area contributed by atoms with Crippen molar-refractivity contribution in [3.05, 3.63) is 0 Å². The van der Waals surface area contributed by atoms with Crippen molar-refractivity contribution < 1.29 is 19.1 Å². The van der Waals surface area contributed by atoms with Gasteiger partial charge in [0.2, 0.25) is 5.91 Å². The Labute approximate surface area is 154 Å². The van der Waals surface area contributed by atoms with Crippen LogP contribution in [0.3, 0.4) is 0 Å². The van der Waals surface area contributed by atoms with Crippen molar-refractivity contribution >= 4 is 18.0 Å². The van der Waals surface area contributed by atoms with Crippen molar-refractivity contribution in [1.82, 2.24) is 19.6 Å². The van der Waals surface area contributed by atoms with Crippen LogP contribution in [0.1, 0.15) is 25.7 Å². The molecule has 146 valence electrons. The first-order valence-electron chi connectivity index (χ1n) is 9.29. The lowest BCUT2D eigenvalue weighted by molar-refractivity contribution is -0.138. The second kappa shape index (κ2) is 7.30. The lowest BCUT2D eigenvalue weighted by atomic mass is 9.91. The second-order valence-corrected chi connectivity index (χ2v) is 7.79. The molecule has 0 saturated carbocycles. The van der Waals surface area contributed by atoms with Gasteiger partial charge in [-0.1, -0.05) is 0 Å². The van der Waals surface area contributed by atoms with Crippen molar-refractivity contribution in [2.45, 2.75) is 37.3 Å². The monoisotopic (exact) mass is 367 g/mol. The number of hydrogen-bond acceptors (Lipinski definition) is 5. The van der Waals surface area contributed by atoms with Gasteiger partial charge >= 0.3 is 12.1 Å². The Balaban J connectivity index is 1.55. The van der Waals surface area contributed by atoms with Crippen molar-refractivity contribution in [2.24, 2.45) is 5.73 Å². The third kappa shape index (κ3) is 3.72. The maximum atomic E-state index is 12.8. The number of likely N-dealkylation sites (N-methyl/N-ethyl adjacent to an activating group) is 1. The van der Waals surface area contributed by atoms with Crippen LogP contribution in [-0.4, -0.2) is 103 Å². The lowest BCUT2D eigenvalue weighted by Gasteiger charge is -2.39. The van der Waals surface area contributed by atoms with Crippen LogP contribution in [-0.2, 0) is 9.53 Å². The molecule has 0 unspecified atom stereocenters. The Morgan fingerprint density at radius 2 is 1.96 bits per heavy atom. The van der Waals surface area contributed by atoms with Gasteiger partial charge < -0.3 is 30.1 Å². The average Bonchev–Trinajstić information content (AvgIpc) is 3.18. The van der Waals surface area contributed by atoms with Crippen LogP contribution in [0, 0.1) is 0 Å². The summed E-state index contributed by atoms with van der Waals surface area (Å²) < 4.78 is 5.69. The molecule has 3 saturated heterocycles. The van der Waals surface area contributed by atoms with Crippen LogP contribution in [0.4, 0.5) is 9.59 Å². The highest BCUT2D eigenvalue weighted by molar-refractivity contribution is 5.87. The number of nitrogens with zero attached hydrogens (tertiary/aromatic N) is 4. The SMILES string of the molecule is CN(C)CCN1CC2(CCN(C(=O)[C@H]3CCCN3C(N)=O)CC2)OC1=O. The molecule has 3 aliphatic rings. The van der Waals surface area contributed by atoms with E-state index in [0.717, 1.165) is 13.0 Å². The van der Waals surface area contributed by atoms with E-state index in [1.54, 1.807) is 9.80 Å². The fraction of sp³-hybridized carbons (Fsp3) is 0.824. The van der Waals surface area contributed by atoms with E-state index >= 15 is 0 Å². The molecule has 1 spiro atoms. The van der Waals surface area contributed by atoms with E-state index in [1.165, 1.54) is 4.90 Å². The van der Waals surface area contributed by atoms with Gasteiger partial charge in [-0.15, -0.1) is 0 Å². The van der Waals surface area contributed by atoms with Crippen molar-refractivity contribution in [2.75, 3.05) is 53.4 Å². The number of hydrogen-bond donors (Lipinski definition) is 1. The van der Waals surface area contributed by atoms with Gasteiger partial charge in [-0.05, 0) is 26.9 Å². The molecule has 3 aliphatic heterocycles. The quantitative estimate of drug-likeness (QED) is 0.748. The zero-order chi connectivity index (χ0) is 18.9. The summed E-state index contributed by atoms with van der Waals surface area (Å²) in [4.78, 5) is 43.5. The van der Waals surface area contributed by atoms with Crippen LogP contribution >= 0.6 is 0 Å². The number of rotatable bonds is 4. The standard InChI is InChI=1S/C17H29N5O4/c1-19(2)10-11-21-12-17(26-16(21)25)5-8-20(9-6-17)14(23)13-4-3-7-22(13)15(18)24/h13H,3-12H2,1-2H3,(H2,18,24)/t13-/m1/s1. The number of piperidine rings is 1. The molecule has 0 aromatic carbocycles. The largest absolute Gasteiger partial charge is 0.441 e. The summed E-state index contributed by atoms with van der Waals surface area (Å²) in [5.41, 5.74) is 4.89. The number of carbonyl (C=O) groups excluding carboxylic acids is 3. The van der Waals surface area contributed by atoms with Gasteiger partial charge in [0.1, 0.15) is 11.6 Å². The third-order valence-electron chi connectivity index (χ3n) is 5.67. The average molecular weight is 367 g/mol. The zero-order valence-corrected chi connectivity index (χ0v) is 15.6. The zero-order valence-electron chi connectivity index (χ0n) is 15.6. The summed E-state index contributed by atoms with van der Waals surface area (Å²) in [6, 6.07) is -0.972. The highest BCUT2D eigenvalue weighted by atomic mass is 16.6. The number of primary amides is 1. The molecule has 0 bridgehead atoms. The number of carbonyl (C=O) groups is 3. The number of urea groups is 1. The van der Waals surface area contributed by atoms with E-state index in [0.29, 0.717) is 52.0 Å². The van der Waals surface area contributed by atoms with E-state index in [-0.39, 0.29) is 12.0 Å². The Bertz CT molecular complexity index is 574. The minimum atomic E-state index is -0.532. The highest BCUT2D eigenvalue weighted by Gasteiger charge is 2.48. The Hall–Kier alpha value is -2.03. The summed E-state index contributed by atoms with van der Waals surface area (Å²) in [7, 11) is 3.94. The van der Waals surface area contributed by atoms with Crippen molar-refractivity contribution in [1.29, 1.82) is 0 Å². The molecule has 1 atom stereocenters. The summed E-state index contributed by atoms with van der Waals surface area (Å²) in [6.07, 6.45) is 2.47. The molecule has 9 heteroatoms. The van der Waals surface area contributed by atoms with Gasteiger partial charge in [-0.25, -0.2) is 9.59 Å². The number of likely N-dealkylation sites (tertiary alicyclic amines) is 2. The van der Waals surface area contributed by atoms with Gasteiger partial charge in [0, 0.05) is 45.6 Å². The van der Waals surface area contributed by atoms with Gasteiger partial charge in [0.15, 0.2) is 0 Å². The predicted octanol–water partition coefficient (Wildman–Crippen LogP) is -0.0955. The molecule has 2 N–H and O–H groups in total. The van der Waals surface area contributed by atoms with E-state index in [4.69, 9.17) is 10.5 Å². The van der Waals surface area contributed by atoms with E-state index in [1.807, 2.05) is 19.0 Å². The number of nitrogens with two attached hydrogens (primary N) is 1. The van der Waals surface area contributed by atoms with E-state index < -0.39 is 17.7 Å². The number of amides is 4. The highest BCUT2D eigenvalue weighted by Crippen LogP contribution is 2.34. The van der Waals surface area contributed by atoms with Gasteiger partial charge in [0.25, 0.3) is 0 Å². The number of ether oxygens (including phenoxy) is 1. The first-order valence-corrected chi connectivity index (χ1v) is 9.29. The minimum absolute atomic E-state index is 0.0371. The molecule has 0 aromatic rings. The van der Waals surface area contributed by atoms with E-state index in [2.05, 4.69) is 0 Å². The molecule has 0 aliphatic carbocycles. The summed E-state index contributed by atoms with van der Waals surface area (Å²) >= 11 is 0. The van der Waals surface area contributed by atoms with E-state index in [9.17, 15) is 14.4 Å². The molecular formula is C17H29N5O4. The normalized spacial score (nSPS) is 25.3. The minimum Gasteiger partial charge on any atom is -0.441 e. The van der Waals surface area contributed by atoms with Crippen LogP contribution in [0.25, 0.3) is 0 Å². The van der Waals surface area contributed by atoms with Crippen LogP contribution < -0.4 is 5.73 Å². The predicted molar refractivity (Wildman–Crippen MR) is 94.5 cm³/mol. The molecule has 9 nitrogen and oxygen atoms in total. The molecule has 3 heterocycles. The smallest absolute Gasteiger partial charge is 0.410 e. The van der Waals surface area contributed by atoms with Crippen molar-refractivity contribution in [3.63, 3.8) is 0 Å². The maximum absolute atomic E-state index is 12.8. The van der Waals surface area contributed by atoms with Gasteiger partial charge in [0.05, 0.1) is 6.54 Å². The molecule has 0 aromatic heterocycles. The fourth-order valence-electron chi connectivity index (χ4n) is 4.08. The summed E-state index contributed by atoms with van der Waals surface area (Å²) in [6.45, 7) is 3.64. The third-order valence-corrected chi connectivity index (χ3v) is 5.67. The lowest BCUT2D eigenvalue weighted by Crippen LogP contribution is -2.54. The first-order chi connectivity index (χ1) is 12.3. The molecular weight excluding hydrogens is 338 g/mol. The van der Waals surface area contributed by atoms with Gasteiger partial charge in [-0.2, -0.15) is 0 Å². The topological polar surface area (TPSA) is 99.4 Å². The molecule has 3 fully saturated rings. The summed E-state index contributed by atoms with van der Waals surface area (Å²) in [5.74, 6) is -0.0371. The molecule has 0 radical (unpaired) electrons. The van der Waals surface area contributed by atoms with Crippen molar-refractivity contribution in [3.8, 4) is 0 Å². The molecule has 26 heavy (non-hydrogen) atoms. The van der Waals surface area contributed by atoms with Crippen LogP contribution in [0.2, 0.25) is 0 Å². The molecule has 4 amide bonds. The Kier molecular flexibility index (Phi) is 5.27. The first kappa shape index (κ1) is 18.8. The Morgan fingerprint density at radius 1 is 1.27 bits per heavy atom. The maximum Gasteiger partial charge on any atom is 0.410 e. The summed E-state index contributed by atoms with van der Waals surface area (Å²) in [5, 5.41) is 0. The van der Waals surface area contributed by atoms with Crippen LogP contribution in [0.5, 0.6) is 0 Å². The molecule has 3 rings (SSSR count). The van der Waals surface area contributed by atoms with Gasteiger partial charge in [-0.3, -0.25) is 4.79 Å². The Morgan fingerprint density at radius 3 is 2.58 bits per heavy atom. The van der Waals surface area contributed by atoms with Crippen LogP contribution in [0.15, 0.2) is 0 Å².